The summed E-state index contributed by atoms with van der Waals surface area (Å²) in [5.74, 6) is 0. The quantitative estimate of drug-likeness (QED) is 0.778. The second-order valence-electron chi connectivity index (χ2n) is 4.97. The van der Waals surface area contributed by atoms with Gasteiger partial charge in [0.2, 0.25) is 0 Å². The van der Waals surface area contributed by atoms with E-state index in [4.69, 9.17) is 0 Å². The Morgan fingerprint density at radius 1 is 0.737 bits per heavy atom. The SMILES string of the molecule is CCCc1ccc(NCc2ccc(CC)cc2)cc1. The second kappa shape index (κ2) is 6.98. The molecule has 0 radical (unpaired) electrons. The summed E-state index contributed by atoms with van der Waals surface area (Å²) in [6.45, 7) is 5.29. The van der Waals surface area contributed by atoms with Gasteiger partial charge in [0.15, 0.2) is 0 Å². The van der Waals surface area contributed by atoms with Gasteiger partial charge in [0.1, 0.15) is 0 Å². The van der Waals surface area contributed by atoms with E-state index in [1.807, 2.05) is 0 Å². The van der Waals surface area contributed by atoms with Crippen molar-refractivity contribution in [2.45, 2.75) is 39.7 Å². The molecule has 0 saturated heterocycles. The Bertz CT molecular complexity index is 482. The van der Waals surface area contributed by atoms with Gasteiger partial charge < -0.3 is 5.32 Å². The van der Waals surface area contributed by atoms with Crippen LogP contribution in [-0.4, -0.2) is 0 Å². The Labute approximate surface area is 116 Å². The van der Waals surface area contributed by atoms with Crippen molar-refractivity contribution in [3.63, 3.8) is 0 Å². The maximum absolute atomic E-state index is 3.47. The van der Waals surface area contributed by atoms with Gasteiger partial charge in [0, 0.05) is 12.2 Å². The lowest BCUT2D eigenvalue weighted by molar-refractivity contribution is 0.922. The number of nitrogens with one attached hydrogen (secondary N) is 1. The lowest BCUT2D eigenvalue weighted by Gasteiger charge is -2.08. The summed E-state index contributed by atoms with van der Waals surface area (Å²) < 4.78 is 0. The molecule has 0 spiro atoms. The molecule has 0 fully saturated rings. The average molecular weight is 253 g/mol. The zero-order valence-corrected chi connectivity index (χ0v) is 11.9. The highest BCUT2D eigenvalue weighted by Crippen LogP contribution is 2.13. The molecule has 2 aromatic carbocycles. The van der Waals surface area contributed by atoms with Crippen LogP contribution in [0.15, 0.2) is 48.5 Å². The third-order valence-corrected chi connectivity index (χ3v) is 3.42. The Morgan fingerprint density at radius 2 is 1.32 bits per heavy atom. The molecule has 0 aliphatic carbocycles. The van der Waals surface area contributed by atoms with Crippen LogP contribution in [0.25, 0.3) is 0 Å². The number of hydrogen-bond donors (Lipinski definition) is 1. The standard InChI is InChI=1S/C18H23N/c1-3-5-16-10-12-18(13-11-16)19-14-17-8-6-15(4-2)7-9-17/h6-13,19H,3-5,14H2,1-2H3. The molecule has 0 amide bonds. The van der Waals surface area contributed by atoms with Crippen molar-refractivity contribution in [3.05, 3.63) is 65.2 Å². The van der Waals surface area contributed by atoms with Crippen LogP contribution in [0.3, 0.4) is 0 Å². The number of aryl methyl sites for hydroxylation is 2. The summed E-state index contributed by atoms with van der Waals surface area (Å²) in [4.78, 5) is 0. The maximum atomic E-state index is 3.47. The first-order chi connectivity index (χ1) is 9.31. The normalized spacial score (nSPS) is 10.4. The summed E-state index contributed by atoms with van der Waals surface area (Å²) >= 11 is 0. The van der Waals surface area contributed by atoms with E-state index in [0.29, 0.717) is 0 Å². The minimum absolute atomic E-state index is 0.886. The van der Waals surface area contributed by atoms with Gasteiger partial charge in [0.25, 0.3) is 0 Å². The molecule has 0 unspecified atom stereocenters. The number of anilines is 1. The van der Waals surface area contributed by atoms with Crippen molar-refractivity contribution in [1.29, 1.82) is 0 Å². The summed E-state index contributed by atoms with van der Waals surface area (Å²) in [5, 5.41) is 3.47. The van der Waals surface area contributed by atoms with Crippen molar-refractivity contribution >= 4 is 5.69 Å². The molecule has 0 aromatic heterocycles. The van der Waals surface area contributed by atoms with E-state index in [9.17, 15) is 0 Å². The third-order valence-electron chi connectivity index (χ3n) is 3.42. The van der Waals surface area contributed by atoms with Gasteiger partial charge in [-0.3, -0.25) is 0 Å². The predicted molar refractivity (Wildman–Crippen MR) is 83.6 cm³/mol. The summed E-state index contributed by atoms with van der Waals surface area (Å²) in [6.07, 6.45) is 3.47. The zero-order valence-electron chi connectivity index (χ0n) is 11.9. The molecule has 1 N–H and O–H groups in total. The van der Waals surface area contributed by atoms with Crippen LogP contribution in [0.2, 0.25) is 0 Å². The lowest BCUT2D eigenvalue weighted by atomic mass is 10.1. The highest BCUT2D eigenvalue weighted by atomic mass is 14.9. The predicted octanol–water partition coefficient (Wildman–Crippen LogP) is 4.81. The molecule has 0 heterocycles. The van der Waals surface area contributed by atoms with E-state index in [0.717, 1.165) is 13.0 Å². The molecule has 2 rings (SSSR count). The van der Waals surface area contributed by atoms with Gasteiger partial charge in [-0.15, -0.1) is 0 Å². The Balaban J connectivity index is 1.90. The molecular weight excluding hydrogens is 230 g/mol. The fourth-order valence-electron chi connectivity index (χ4n) is 2.17. The van der Waals surface area contributed by atoms with Crippen LogP contribution < -0.4 is 5.32 Å². The molecule has 19 heavy (non-hydrogen) atoms. The number of hydrogen-bond acceptors (Lipinski definition) is 1. The van der Waals surface area contributed by atoms with Crippen LogP contribution in [0.5, 0.6) is 0 Å². The van der Waals surface area contributed by atoms with Crippen molar-refractivity contribution in [2.75, 3.05) is 5.32 Å². The fraction of sp³-hybridized carbons (Fsp3) is 0.333. The molecule has 0 bridgehead atoms. The molecule has 0 aliphatic rings. The fourth-order valence-corrected chi connectivity index (χ4v) is 2.17. The third kappa shape index (κ3) is 4.13. The number of rotatable bonds is 6. The molecule has 2 aromatic rings. The maximum Gasteiger partial charge on any atom is 0.0400 e. The van der Waals surface area contributed by atoms with Crippen LogP contribution in [0.4, 0.5) is 5.69 Å². The van der Waals surface area contributed by atoms with Gasteiger partial charge in [-0.1, -0.05) is 56.7 Å². The van der Waals surface area contributed by atoms with Crippen molar-refractivity contribution in [3.8, 4) is 0 Å². The van der Waals surface area contributed by atoms with Crippen LogP contribution in [0, 0.1) is 0 Å². The summed E-state index contributed by atoms with van der Waals surface area (Å²) in [6, 6.07) is 17.6. The summed E-state index contributed by atoms with van der Waals surface area (Å²) in [7, 11) is 0. The number of benzene rings is 2. The molecule has 1 heteroatoms. The van der Waals surface area contributed by atoms with Gasteiger partial charge >= 0.3 is 0 Å². The van der Waals surface area contributed by atoms with Gasteiger partial charge in [-0.05, 0) is 41.7 Å². The van der Waals surface area contributed by atoms with Crippen LogP contribution >= 0.6 is 0 Å². The smallest absolute Gasteiger partial charge is 0.0400 e. The largest absolute Gasteiger partial charge is 0.381 e. The molecule has 0 aliphatic heterocycles. The van der Waals surface area contributed by atoms with E-state index in [1.165, 1.54) is 35.2 Å². The van der Waals surface area contributed by atoms with Gasteiger partial charge in [0.05, 0.1) is 0 Å². The monoisotopic (exact) mass is 253 g/mol. The van der Waals surface area contributed by atoms with Crippen LogP contribution in [-0.2, 0) is 19.4 Å². The Morgan fingerprint density at radius 3 is 1.89 bits per heavy atom. The molecule has 0 saturated carbocycles. The average Bonchev–Trinajstić information content (AvgIpc) is 2.47. The highest BCUT2D eigenvalue weighted by molar-refractivity contribution is 5.45. The van der Waals surface area contributed by atoms with E-state index >= 15 is 0 Å². The Hall–Kier alpha value is -1.76. The lowest BCUT2D eigenvalue weighted by Crippen LogP contribution is -1.99. The van der Waals surface area contributed by atoms with E-state index in [-0.39, 0.29) is 0 Å². The first kappa shape index (κ1) is 13.7. The minimum atomic E-state index is 0.886. The molecular formula is C18H23N. The minimum Gasteiger partial charge on any atom is -0.381 e. The zero-order chi connectivity index (χ0) is 13.5. The van der Waals surface area contributed by atoms with Gasteiger partial charge in [-0.25, -0.2) is 0 Å². The molecule has 1 nitrogen and oxygen atoms in total. The van der Waals surface area contributed by atoms with Crippen molar-refractivity contribution in [1.82, 2.24) is 0 Å². The topological polar surface area (TPSA) is 12.0 Å². The van der Waals surface area contributed by atoms with E-state index < -0.39 is 0 Å². The van der Waals surface area contributed by atoms with Crippen LogP contribution in [0.1, 0.15) is 37.0 Å². The van der Waals surface area contributed by atoms with Crippen molar-refractivity contribution < 1.29 is 0 Å². The molecule has 100 valence electrons. The Kier molecular flexibility index (Phi) is 5.02. The first-order valence-electron chi connectivity index (χ1n) is 7.22. The van der Waals surface area contributed by atoms with E-state index in [2.05, 4.69) is 67.7 Å². The van der Waals surface area contributed by atoms with E-state index in [1.54, 1.807) is 0 Å². The van der Waals surface area contributed by atoms with Gasteiger partial charge in [-0.2, -0.15) is 0 Å². The highest BCUT2D eigenvalue weighted by Gasteiger charge is 1.96. The second-order valence-corrected chi connectivity index (χ2v) is 4.97. The van der Waals surface area contributed by atoms with Crippen molar-refractivity contribution in [2.24, 2.45) is 0 Å². The summed E-state index contributed by atoms with van der Waals surface area (Å²) in [5.41, 5.74) is 5.34. The molecule has 0 atom stereocenters. The first-order valence-corrected chi connectivity index (χ1v) is 7.22.